The number of carbonyl (C=O) groups excluding carboxylic acids is 1. The van der Waals surface area contributed by atoms with Crippen LogP contribution >= 0.6 is 11.6 Å². The summed E-state index contributed by atoms with van der Waals surface area (Å²) >= 11 is 5.51. The van der Waals surface area contributed by atoms with Crippen molar-refractivity contribution < 1.29 is 23.4 Å². The number of fused-ring (bicyclic) bond motifs is 2. The number of esters is 1. The molecule has 3 aromatic rings. The van der Waals surface area contributed by atoms with Crippen molar-refractivity contribution in [1.82, 2.24) is 0 Å². The highest BCUT2D eigenvalue weighted by atomic mass is 35.5. The standard InChI is InChI=1S/C20H15ClO6/c21-7-8-24-20(23)19-11-25-18-9-12(5-6-16(18)27-19)17-10-14(22)13-3-1-2-4-15(13)26-17/h1-6,9-10,19H,7-8,11H2. The van der Waals surface area contributed by atoms with Crippen LogP contribution in [0.3, 0.4) is 0 Å². The van der Waals surface area contributed by atoms with Crippen molar-refractivity contribution in [3.05, 3.63) is 58.8 Å². The topological polar surface area (TPSA) is 75.0 Å². The van der Waals surface area contributed by atoms with Crippen LogP contribution in [0.15, 0.2) is 57.7 Å². The molecule has 0 N–H and O–H groups in total. The number of para-hydroxylation sites is 1. The Morgan fingerprint density at radius 3 is 2.85 bits per heavy atom. The lowest BCUT2D eigenvalue weighted by Crippen LogP contribution is -2.38. The van der Waals surface area contributed by atoms with Crippen LogP contribution in [0.1, 0.15) is 0 Å². The van der Waals surface area contributed by atoms with Crippen LogP contribution in [0.25, 0.3) is 22.3 Å². The van der Waals surface area contributed by atoms with E-state index >= 15 is 0 Å². The van der Waals surface area contributed by atoms with Crippen molar-refractivity contribution in [3.63, 3.8) is 0 Å². The molecule has 0 amide bonds. The summed E-state index contributed by atoms with van der Waals surface area (Å²) in [5.41, 5.74) is 1.06. The van der Waals surface area contributed by atoms with Crippen LogP contribution in [0.5, 0.6) is 11.5 Å². The molecular weight excluding hydrogens is 372 g/mol. The van der Waals surface area contributed by atoms with Gasteiger partial charge in [-0.05, 0) is 30.3 Å². The van der Waals surface area contributed by atoms with E-state index < -0.39 is 12.1 Å². The van der Waals surface area contributed by atoms with Crippen LogP contribution in [0.2, 0.25) is 0 Å². The van der Waals surface area contributed by atoms with Gasteiger partial charge in [0, 0.05) is 11.6 Å². The molecule has 27 heavy (non-hydrogen) atoms. The molecule has 0 radical (unpaired) electrons. The van der Waals surface area contributed by atoms with Crippen LogP contribution in [-0.4, -0.2) is 31.2 Å². The van der Waals surface area contributed by atoms with Gasteiger partial charge < -0.3 is 18.6 Å². The number of carbonyl (C=O) groups is 1. The first-order valence-corrected chi connectivity index (χ1v) is 8.88. The summed E-state index contributed by atoms with van der Waals surface area (Å²) in [4.78, 5) is 24.2. The quantitative estimate of drug-likeness (QED) is 0.505. The maximum absolute atomic E-state index is 12.3. The van der Waals surface area contributed by atoms with E-state index in [0.29, 0.717) is 33.8 Å². The second-order valence-corrected chi connectivity index (χ2v) is 6.28. The van der Waals surface area contributed by atoms with Crippen molar-refractivity contribution >= 4 is 28.5 Å². The first-order chi connectivity index (χ1) is 13.2. The first-order valence-electron chi connectivity index (χ1n) is 8.35. The highest BCUT2D eigenvalue weighted by Gasteiger charge is 2.29. The predicted molar refractivity (Wildman–Crippen MR) is 99.5 cm³/mol. The second-order valence-electron chi connectivity index (χ2n) is 5.91. The van der Waals surface area contributed by atoms with Gasteiger partial charge in [0.2, 0.25) is 6.10 Å². The molecule has 0 aliphatic carbocycles. The van der Waals surface area contributed by atoms with Gasteiger partial charge in [-0.15, -0.1) is 11.6 Å². The van der Waals surface area contributed by atoms with E-state index in [-0.39, 0.29) is 24.5 Å². The lowest BCUT2D eigenvalue weighted by Gasteiger charge is -2.25. The molecule has 0 saturated carbocycles. The fourth-order valence-electron chi connectivity index (χ4n) is 2.82. The van der Waals surface area contributed by atoms with Crippen molar-refractivity contribution in [2.75, 3.05) is 19.1 Å². The number of hydrogen-bond donors (Lipinski definition) is 0. The fourth-order valence-corrected chi connectivity index (χ4v) is 2.90. The summed E-state index contributed by atoms with van der Waals surface area (Å²) in [5.74, 6) is 1.00. The molecule has 0 bridgehead atoms. The van der Waals surface area contributed by atoms with Crippen molar-refractivity contribution in [2.45, 2.75) is 6.10 Å². The molecular formula is C20H15ClO6. The Labute approximate surface area is 159 Å². The fraction of sp³-hybridized carbons (Fsp3) is 0.200. The minimum Gasteiger partial charge on any atom is -0.485 e. The third-order valence-corrected chi connectivity index (χ3v) is 4.26. The zero-order valence-corrected chi connectivity index (χ0v) is 14.9. The van der Waals surface area contributed by atoms with Gasteiger partial charge >= 0.3 is 5.97 Å². The Balaban J connectivity index is 1.61. The van der Waals surface area contributed by atoms with Gasteiger partial charge in [-0.1, -0.05) is 12.1 Å². The number of ether oxygens (including phenoxy) is 3. The van der Waals surface area contributed by atoms with Gasteiger partial charge in [-0.3, -0.25) is 4.79 Å². The lowest BCUT2D eigenvalue weighted by atomic mass is 10.1. The van der Waals surface area contributed by atoms with Crippen LogP contribution in [0, 0.1) is 0 Å². The molecule has 2 heterocycles. The average Bonchev–Trinajstić information content (AvgIpc) is 2.71. The summed E-state index contributed by atoms with van der Waals surface area (Å²) in [5, 5.41) is 0.525. The Morgan fingerprint density at radius 1 is 1.15 bits per heavy atom. The molecule has 138 valence electrons. The molecule has 1 aliphatic heterocycles. The summed E-state index contributed by atoms with van der Waals surface area (Å²) in [6.07, 6.45) is -0.842. The van der Waals surface area contributed by atoms with E-state index in [1.54, 1.807) is 36.4 Å². The Hall–Kier alpha value is -2.99. The van der Waals surface area contributed by atoms with E-state index in [2.05, 4.69) is 0 Å². The molecule has 1 aliphatic rings. The SMILES string of the molecule is O=C(OCCCl)C1COc2cc(-c3cc(=O)c4ccccc4o3)ccc2O1. The largest absolute Gasteiger partial charge is 0.485 e. The summed E-state index contributed by atoms with van der Waals surface area (Å²) < 4.78 is 22.1. The molecule has 0 saturated heterocycles. The molecule has 0 fully saturated rings. The number of halogens is 1. The van der Waals surface area contributed by atoms with E-state index in [1.807, 2.05) is 6.07 Å². The highest BCUT2D eigenvalue weighted by molar-refractivity contribution is 6.18. The van der Waals surface area contributed by atoms with Gasteiger partial charge in [0.1, 0.15) is 24.6 Å². The third-order valence-electron chi connectivity index (χ3n) is 4.11. The van der Waals surface area contributed by atoms with Crippen LogP contribution < -0.4 is 14.9 Å². The van der Waals surface area contributed by atoms with Gasteiger partial charge in [0.25, 0.3) is 0 Å². The zero-order chi connectivity index (χ0) is 18.8. The van der Waals surface area contributed by atoms with Gasteiger partial charge in [0.05, 0.1) is 11.3 Å². The molecule has 1 aromatic heterocycles. The number of rotatable bonds is 4. The average molecular weight is 387 g/mol. The third kappa shape index (κ3) is 3.48. The van der Waals surface area contributed by atoms with Crippen LogP contribution in [-0.2, 0) is 9.53 Å². The van der Waals surface area contributed by atoms with Crippen molar-refractivity contribution in [3.8, 4) is 22.8 Å². The van der Waals surface area contributed by atoms with Crippen LogP contribution in [0.4, 0.5) is 0 Å². The van der Waals surface area contributed by atoms with E-state index in [4.69, 9.17) is 30.2 Å². The van der Waals surface area contributed by atoms with Gasteiger partial charge in [-0.25, -0.2) is 4.79 Å². The number of hydrogen-bond acceptors (Lipinski definition) is 6. The Morgan fingerprint density at radius 2 is 2.00 bits per heavy atom. The minimum atomic E-state index is -0.842. The molecule has 4 rings (SSSR count). The highest BCUT2D eigenvalue weighted by Crippen LogP contribution is 2.36. The molecule has 7 heteroatoms. The van der Waals surface area contributed by atoms with E-state index in [9.17, 15) is 9.59 Å². The van der Waals surface area contributed by atoms with E-state index in [1.165, 1.54) is 6.07 Å². The predicted octanol–water partition coefficient (Wildman–Crippen LogP) is 3.38. The van der Waals surface area contributed by atoms with Crippen molar-refractivity contribution in [2.24, 2.45) is 0 Å². The molecule has 0 spiro atoms. The van der Waals surface area contributed by atoms with E-state index in [0.717, 1.165) is 0 Å². The summed E-state index contributed by atoms with van der Waals surface area (Å²) in [7, 11) is 0. The molecule has 2 aromatic carbocycles. The summed E-state index contributed by atoms with van der Waals surface area (Å²) in [6, 6.07) is 13.6. The second kappa shape index (κ2) is 7.32. The maximum atomic E-state index is 12.3. The number of alkyl halides is 1. The minimum absolute atomic E-state index is 0.0270. The normalized spacial score (nSPS) is 15.5. The first kappa shape index (κ1) is 17.4. The number of benzene rings is 2. The van der Waals surface area contributed by atoms with Gasteiger partial charge in [-0.2, -0.15) is 0 Å². The smallest absolute Gasteiger partial charge is 0.351 e. The van der Waals surface area contributed by atoms with Gasteiger partial charge in [0.15, 0.2) is 16.9 Å². The maximum Gasteiger partial charge on any atom is 0.351 e. The summed E-state index contributed by atoms with van der Waals surface area (Å²) in [6.45, 7) is 0.145. The molecule has 1 atom stereocenters. The van der Waals surface area contributed by atoms with Crippen molar-refractivity contribution in [1.29, 1.82) is 0 Å². The lowest BCUT2D eigenvalue weighted by molar-refractivity contribution is -0.153. The molecule has 1 unspecified atom stereocenters. The molecule has 6 nitrogen and oxygen atoms in total. The Kier molecular flexibility index (Phi) is 4.73. The zero-order valence-electron chi connectivity index (χ0n) is 14.1. The Bertz CT molecular complexity index is 1060. The monoisotopic (exact) mass is 386 g/mol.